The standard InChI is InChI=1S/C22H27ClN2O3/c1-27-21-14-17(15-24-11-5-13-25-12-4-8-22(25)26)9-10-20(21)28-16-18-6-2-3-7-19(18)23/h2-3,6-7,9-10,14,24H,4-5,8,11-13,15-16H2,1H3. The number of nitrogens with zero attached hydrogens (tertiary/aromatic N) is 1. The van der Waals surface area contributed by atoms with Crippen molar-refractivity contribution in [2.75, 3.05) is 26.7 Å². The number of halogens is 1. The van der Waals surface area contributed by atoms with E-state index in [-0.39, 0.29) is 5.91 Å². The van der Waals surface area contributed by atoms with Gasteiger partial charge in [0, 0.05) is 36.6 Å². The number of nitrogens with one attached hydrogen (secondary N) is 1. The van der Waals surface area contributed by atoms with Gasteiger partial charge in [-0.3, -0.25) is 4.79 Å². The molecule has 28 heavy (non-hydrogen) atoms. The van der Waals surface area contributed by atoms with Gasteiger partial charge >= 0.3 is 0 Å². The molecule has 0 bridgehead atoms. The number of likely N-dealkylation sites (tertiary alicyclic amines) is 1. The summed E-state index contributed by atoms with van der Waals surface area (Å²) >= 11 is 6.18. The van der Waals surface area contributed by atoms with E-state index >= 15 is 0 Å². The Morgan fingerprint density at radius 2 is 2.04 bits per heavy atom. The van der Waals surface area contributed by atoms with Gasteiger partial charge in [0.2, 0.25) is 5.91 Å². The molecule has 5 nitrogen and oxygen atoms in total. The molecule has 0 atom stereocenters. The topological polar surface area (TPSA) is 50.8 Å². The Kier molecular flexibility index (Phi) is 7.57. The summed E-state index contributed by atoms with van der Waals surface area (Å²) in [5.74, 6) is 1.69. The van der Waals surface area contributed by atoms with Gasteiger partial charge in [-0.05, 0) is 43.1 Å². The van der Waals surface area contributed by atoms with E-state index in [2.05, 4.69) is 5.32 Å². The highest BCUT2D eigenvalue weighted by Gasteiger charge is 2.18. The highest BCUT2D eigenvalue weighted by Crippen LogP contribution is 2.29. The van der Waals surface area contributed by atoms with Gasteiger partial charge in [-0.2, -0.15) is 0 Å². The summed E-state index contributed by atoms with van der Waals surface area (Å²) in [6.45, 7) is 3.75. The van der Waals surface area contributed by atoms with E-state index < -0.39 is 0 Å². The van der Waals surface area contributed by atoms with Crippen molar-refractivity contribution in [2.45, 2.75) is 32.4 Å². The highest BCUT2D eigenvalue weighted by atomic mass is 35.5. The van der Waals surface area contributed by atoms with Crippen LogP contribution in [0.1, 0.15) is 30.4 Å². The third kappa shape index (κ3) is 5.63. The lowest BCUT2D eigenvalue weighted by atomic mass is 10.2. The van der Waals surface area contributed by atoms with E-state index in [4.69, 9.17) is 21.1 Å². The second-order valence-electron chi connectivity index (χ2n) is 6.88. The fraction of sp³-hybridized carbons (Fsp3) is 0.409. The summed E-state index contributed by atoms with van der Waals surface area (Å²) in [6.07, 6.45) is 2.66. The van der Waals surface area contributed by atoms with Crippen molar-refractivity contribution in [3.8, 4) is 11.5 Å². The normalized spacial score (nSPS) is 13.8. The zero-order chi connectivity index (χ0) is 19.8. The van der Waals surface area contributed by atoms with Crippen molar-refractivity contribution >= 4 is 17.5 Å². The third-order valence-electron chi connectivity index (χ3n) is 4.85. The number of hydrogen-bond donors (Lipinski definition) is 1. The fourth-order valence-electron chi connectivity index (χ4n) is 3.28. The van der Waals surface area contributed by atoms with Crippen molar-refractivity contribution in [3.63, 3.8) is 0 Å². The van der Waals surface area contributed by atoms with Crippen LogP contribution in [-0.2, 0) is 17.9 Å². The molecule has 0 unspecified atom stereocenters. The predicted molar refractivity (Wildman–Crippen MR) is 111 cm³/mol. The second-order valence-corrected chi connectivity index (χ2v) is 7.29. The third-order valence-corrected chi connectivity index (χ3v) is 5.22. The molecule has 0 radical (unpaired) electrons. The molecule has 1 saturated heterocycles. The lowest BCUT2D eigenvalue weighted by Crippen LogP contribution is -2.28. The van der Waals surface area contributed by atoms with Crippen molar-refractivity contribution in [1.29, 1.82) is 0 Å². The number of methoxy groups -OCH3 is 1. The minimum absolute atomic E-state index is 0.289. The van der Waals surface area contributed by atoms with Crippen molar-refractivity contribution in [1.82, 2.24) is 10.2 Å². The van der Waals surface area contributed by atoms with Crippen molar-refractivity contribution in [3.05, 3.63) is 58.6 Å². The monoisotopic (exact) mass is 402 g/mol. The van der Waals surface area contributed by atoms with Crippen LogP contribution in [0.4, 0.5) is 0 Å². The van der Waals surface area contributed by atoms with E-state index in [0.717, 1.165) is 50.1 Å². The first kappa shape index (κ1) is 20.5. The Bertz CT molecular complexity index is 797. The van der Waals surface area contributed by atoms with E-state index in [1.807, 2.05) is 47.4 Å². The van der Waals surface area contributed by atoms with Crippen LogP contribution in [0.2, 0.25) is 5.02 Å². The molecular formula is C22H27ClN2O3. The van der Waals surface area contributed by atoms with Crippen LogP contribution in [0.3, 0.4) is 0 Å². The molecule has 0 spiro atoms. The highest BCUT2D eigenvalue weighted by molar-refractivity contribution is 6.31. The number of carbonyl (C=O) groups is 1. The van der Waals surface area contributed by atoms with Crippen LogP contribution in [-0.4, -0.2) is 37.6 Å². The molecular weight excluding hydrogens is 376 g/mol. The maximum atomic E-state index is 11.6. The van der Waals surface area contributed by atoms with E-state index in [0.29, 0.717) is 29.5 Å². The molecule has 1 fully saturated rings. The molecule has 1 heterocycles. The summed E-state index contributed by atoms with van der Waals surface area (Å²) in [6, 6.07) is 13.6. The molecule has 0 saturated carbocycles. The Labute approximate surface area is 171 Å². The SMILES string of the molecule is COc1cc(CNCCCN2CCCC2=O)ccc1OCc1ccccc1Cl. The molecule has 1 amide bonds. The number of ether oxygens (including phenoxy) is 2. The van der Waals surface area contributed by atoms with Crippen LogP contribution in [0.25, 0.3) is 0 Å². The van der Waals surface area contributed by atoms with Gasteiger partial charge in [0.15, 0.2) is 11.5 Å². The van der Waals surface area contributed by atoms with Gasteiger partial charge < -0.3 is 19.7 Å². The maximum Gasteiger partial charge on any atom is 0.222 e. The molecule has 2 aromatic rings. The minimum atomic E-state index is 0.289. The summed E-state index contributed by atoms with van der Waals surface area (Å²) in [7, 11) is 1.64. The molecule has 0 aliphatic carbocycles. The zero-order valence-corrected chi connectivity index (χ0v) is 17.0. The van der Waals surface area contributed by atoms with Crippen molar-refractivity contribution in [2.24, 2.45) is 0 Å². The van der Waals surface area contributed by atoms with Gasteiger partial charge in [0.05, 0.1) is 7.11 Å². The average molecular weight is 403 g/mol. The largest absolute Gasteiger partial charge is 0.493 e. The van der Waals surface area contributed by atoms with Crippen molar-refractivity contribution < 1.29 is 14.3 Å². The van der Waals surface area contributed by atoms with Gasteiger partial charge in [-0.15, -0.1) is 0 Å². The smallest absolute Gasteiger partial charge is 0.222 e. The second kappa shape index (κ2) is 10.3. The number of carbonyl (C=O) groups excluding carboxylic acids is 1. The minimum Gasteiger partial charge on any atom is -0.493 e. The van der Waals surface area contributed by atoms with Gasteiger partial charge in [-0.1, -0.05) is 35.9 Å². The van der Waals surface area contributed by atoms with E-state index in [1.54, 1.807) is 7.11 Å². The van der Waals surface area contributed by atoms with Crippen LogP contribution in [0.15, 0.2) is 42.5 Å². The summed E-state index contributed by atoms with van der Waals surface area (Å²) in [5.41, 5.74) is 2.06. The van der Waals surface area contributed by atoms with Crippen LogP contribution >= 0.6 is 11.6 Å². The van der Waals surface area contributed by atoms with Crippen LogP contribution < -0.4 is 14.8 Å². The maximum absolute atomic E-state index is 11.6. The summed E-state index contributed by atoms with van der Waals surface area (Å²) in [4.78, 5) is 13.6. The Balaban J connectivity index is 1.46. The molecule has 150 valence electrons. The molecule has 6 heteroatoms. The summed E-state index contributed by atoms with van der Waals surface area (Å²) < 4.78 is 11.4. The Hall–Kier alpha value is -2.24. The number of hydrogen-bond acceptors (Lipinski definition) is 4. The van der Waals surface area contributed by atoms with Gasteiger partial charge in [0.25, 0.3) is 0 Å². The quantitative estimate of drug-likeness (QED) is 0.609. The lowest BCUT2D eigenvalue weighted by molar-refractivity contribution is -0.127. The Morgan fingerprint density at radius 1 is 1.18 bits per heavy atom. The molecule has 1 N–H and O–H groups in total. The lowest BCUT2D eigenvalue weighted by Gasteiger charge is -2.15. The summed E-state index contributed by atoms with van der Waals surface area (Å²) in [5, 5.41) is 4.12. The molecule has 2 aromatic carbocycles. The number of amides is 1. The molecule has 1 aliphatic rings. The zero-order valence-electron chi connectivity index (χ0n) is 16.2. The number of rotatable bonds is 10. The average Bonchev–Trinajstić information content (AvgIpc) is 3.12. The van der Waals surface area contributed by atoms with Gasteiger partial charge in [-0.25, -0.2) is 0 Å². The Morgan fingerprint density at radius 3 is 2.79 bits per heavy atom. The first-order valence-electron chi connectivity index (χ1n) is 9.69. The van der Waals surface area contributed by atoms with E-state index in [1.165, 1.54) is 0 Å². The van der Waals surface area contributed by atoms with Crippen LogP contribution in [0, 0.1) is 0 Å². The molecule has 3 rings (SSSR count). The van der Waals surface area contributed by atoms with Gasteiger partial charge in [0.1, 0.15) is 6.61 Å². The molecule has 1 aliphatic heterocycles. The number of benzene rings is 2. The predicted octanol–water partition coefficient (Wildman–Crippen LogP) is 4.03. The first-order valence-corrected chi connectivity index (χ1v) is 10.1. The first-order chi connectivity index (χ1) is 13.7. The molecule has 0 aromatic heterocycles. The van der Waals surface area contributed by atoms with E-state index in [9.17, 15) is 4.79 Å². The van der Waals surface area contributed by atoms with Crippen LogP contribution in [0.5, 0.6) is 11.5 Å². The fourth-order valence-corrected chi connectivity index (χ4v) is 3.47.